The van der Waals surface area contributed by atoms with E-state index in [0.29, 0.717) is 6.61 Å². The molecule has 3 aliphatic heterocycles. The average Bonchev–Trinajstić information content (AvgIpc) is 3.46. The predicted octanol–water partition coefficient (Wildman–Crippen LogP) is 4.45. The van der Waals surface area contributed by atoms with Crippen LogP contribution < -0.4 is 18.9 Å². The van der Waals surface area contributed by atoms with Gasteiger partial charge in [-0.05, 0) is 43.3 Å². The van der Waals surface area contributed by atoms with Crippen LogP contribution in [0.5, 0.6) is 23.0 Å². The highest BCUT2D eigenvalue weighted by Crippen LogP contribution is 2.51. The van der Waals surface area contributed by atoms with Crippen molar-refractivity contribution < 1.29 is 18.9 Å². The Hall–Kier alpha value is -3.74. The largest absolute Gasteiger partial charge is 0.490 e. The lowest BCUT2D eigenvalue weighted by molar-refractivity contribution is -0.0212. The van der Waals surface area contributed by atoms with Crippen LogP contribution >= 0.6 is 0 Å². The molecule has 1 aromatic heterocycles. The molecular formula is C24H21N3O4. The van der Waals surface area contributed by atoms with Crippen molar-refractivity contribution in [3.05, 3.63) is 77.6 Å². The van der Waals surface area contributed by atoms with Crippen LogP contribution in [0.25, 0.3) is 0 Å². The summed E-state index contributed by atoms with van der Waals surface area (Å²) in [6.07, 6.45) is 3.94. The van der Waals surface area contributed by atoms with Gasteiger partial charge in [0.15, 0.2) is 23.0 Å². The van der Waals surface area contributed by atoms with E-state index in [2.05, 4.69) is 11.1 Å². The van der Waals surface area contributed by atoms with E-state index >= 15 is 0 Å². The fraction of sp³-hybridized carbons (Fsp3) is 0.250. The summed E-state index contributed by atoms with van der Waals surface area (Å²) in [5.41, 5.74) is 4.08. The summed E-state index contributed by atoms with van der Waals surface area (Å²) in [5, 5.41) is 7.05. The standard InChI is InChI=1S/C24H21N3O4/c1-2-28-21-5-3-4-17-19-13-18(16-6-7-20-22(12-16)30-14-29-20)26-27(19)24(31-23(17)21)15-8-10-25-11-9-15/h3-12,19,24H,2,13-14H2,1H3/t19-,24+/m0/s1. The Labute approximate surface area is 179 Å². The number of pyridine rings is 1. The van der Waals surface area contributed by atoms with Gasteiger partial charge in [0.2, 0.25) is 13.0 Å². The Balaban J connectivity index is 1.44. The summed E-state index contributed by atoms with van der Waals surface area (Å²) >= 11 is 0. The van der Waals surface area contributed by atoms with E-state index < -0.39 is 0 Å². The maximum Gasteiger partial charge on any atom is 0.231 e. The van der Waals surface area contributed by atoms with E-state index in [1.807, 2.05) is 54.4 Å². The van der Waals surface area contributed by atoms with Gasteiger partial charge >= 0.3 is 0 Å². The van der Waals surface area contributed by atoms with Crippen LogP contribution in [0.4, 0.5) is 0 Å². The van der Waals surface area contributed by atoms with Crippen LogP contribution in [0.3, 0.4) is 0 Å². The van der Waals surface area contributed by atoms with Gasteiger partial charge in [-0.3, -0.25) is 4.98 Å². The van der Waals surface area contributed by atoms with E-state index in [0.717, 1.165) is 51.8 Å². The summed E-state index contributed by atoms with van der Waals surface area (Å²) in [6, 6.07) is 16.0. The number of fused-ring (bicyclic) bond motifs is 4. The smallest absolute Gasteiger partial charge is 0.231 e. The lowest BCUT2D eigenvalue weighted by atomic mass is 9.95. The molecule has 0 amide bonds. The Morgan fingerprint density at radius 3 is 2.81 bits per heavy atom. The maximum absolute atomic E-state index is 6.50. The first-order valence-electron chi connectivity index (χ1n) is 10.4. The second-order valence-electron chi connectivity index (χ2n) is 7.57. The zero-order valence-electron chi connectivity index (χ0n) is 17.0. The molecule has 3 aromatic rings. The number of rotatable bonds is 4. The summed E-state index contributed by atoms with van der Waals surface area (Å²) < 4.78 is 23.4. The van der Waals surface area contributed by atoms with E-state index in [1.54, 1.807) is 12.4 Å². The van der Waals surface area contributed by atoms with Gasteiger partial charge in [-0.2, -0.15) is 5.10 Å². The van der Waals surface area contributed by atoms with Crippen molar-refractivity contribution >= 4 is 5.71 Å². The molecule has 0 spiro atoms. The highest BCUT2D eigenvalue weighted by atomic mass is 16.7. The van der Waals surface area contributed by atoms with Gasteiger partial charge in [0.1, 0.15) is 0 Å². The number of benzene rings is 2. The fourth-order valence-corrected chi connectivity index (χ4v) is 4.35. The lowest BCUT2D eigenvalue weighted by Gasteiger charge is -2.38. The molecule has 31 heavy (non-hydrogen) atoms. The predicted molar refractivity (Wildman–Crippen MR) is 114 cm³/mol. The van der Waals surface area contributed by atoms with Crippen LogP contribution in [0.2, 0.25) is 0 Å². The number of hydrogen-bond donors (Lipinski definition) is 0. The molecular weight excluding hydrogens is 394 g/mol. The number of ether oxygens (including phenoxy) is 4. The van der Waals surface area contributed by atoms with Crippen molar-refractivity contribution in [2.24, 2.45) is 5.10 Å². The Morgan fingerprint density at radius 1 is 1.06 bits per heavy atom. The third-order valence-corrected chi connectivity index (χ3v) is 5.78. The number of hydrazone groups is 1. The van der Waals surface area contributed by atoms with E-state index in [-0.39, 0.29) is 19.1 Å². The zero-order chi connectivity index (χ0) is 20.8. The first kappa shape index (κ1) is 18.1. The summed E-state index contributed by atoms with van der Waals surface area (Å²) in [7, 11) is 0. The van der Waals surface area contributed by atoms with Gasteiger partial charge in [-0.15, -0.1) is 0 Å². The van der Waals surface area contributed by atoms with Crippen molar-refractivity contribution in [1.82, 2.24) is 9.99 Å². The zero-order valence-corrected chi connectivity index (χ0v) is 17.0. The Morgan fingerprint density at radius 2 is 1.94 bits per heavy atom. The van der Waals surface area contributed by atoms with Crippen LogP contribution in [-0.2, 0) is 0 Å². The molecule has 0 aliphatic carbocycles. The molecule has 0 bridgehead atoms. The van der Waals surface area contributed by atoms with E-state index in [1.165, 1.54) is 0 Å². The van der Waals surface area contributed by atoms with Crippen molar-refractivity contribution in [3.63, 3.8) is 0 Å². The third-order valence-electron chi connectivity index (χ3n) is 5.78. The van der Waals surface area contributed by atoms with E-state index in [9.17, 15) is 0 Å². The number of para-hydroxylation sites is 1. The molecule has 0 radical (unpaired) electrons. The first-order valence-corrected chi connectivity index (χ1v) is 10.4. The first-order chi connectivity index (χ1) is 15.3. The summed E-state index contributed by atoms with van der Waals surface area (Å²) in [6.45, 7) is 2.81. The van der Waals surface area contributed by atoms with Crippen LogP contribution in [0.1, 0.15) is 42.3 Å². The van der Waals surface area contributed by atoms with Crippen LogP contribution in [0, 0.1) is 0 Å². The molecule has 6 rings (SSSR count). The second kappa shape index (κ2) is 7.19. The minimum absolute atomic E-state index is 0.0442. The normalized spacial score (nSPS) is 20.5. The molecule has 156 valence electrons. The molecule has 2 atom stereocenters. The molecule has 3 aliphatic rings. The number of aromatic nitrogens is 1. The SMILES string of the molecule is CCOc1cccc2c1O[C@H](c1ccncc1)N1N=C(c3ccc4c(c3)OCO4)C[C@@H]21. The van der Waals surface area contributed by atoms with E-state index in [4.69, 9.17) is 24.0 Å². The van der Waals surface area contributed by atoms with Gasteiger partial charge in [-0.1, -0.05) is 12.1 Å². The molecule has 0 unspecified atom stereocenters. The molecule has 7 heteroatoms. The fourth-order valence-electron chi connectivity index (χ4n) is 4.35. The quantitative estimate of drug-likeness (QED) is 0.627. The molecule has 7 nitrogen and oxygen atoms in total. The van der Waals surface area contributed by atoms with Gasteiger partial charge in [-0.25, -0.2) is 5.01 Å². The minimum Gasteiger partial charge on any atom is -0.490 e. The monoisotopic (exact) mass is 415 g/mol. The highest BCUT2D eigenvalue weighted by Gasteiger charge is 2.42. The van der Waals surface area contributed by atoms with Gasteiger partial charge in [0, 0.05) is 35.5 Å². The summed E-state index contributed by atoms with van der Waals surface area (Å²) in [5.74, 6) is 3.07. The van der Waals surface area contributed by atoms with Crippen LogP contribution in [-0.4, -0.2) is 29.1 Å². The topological polar surface area (TPSA) is 65.4 Å². The van der Waals surface area contributed by atoms with Gasteiger partial charge in [0.05, 0.1) is 18.4 Å². The molecule has 4 heterocycles. The molecule has 0 fully saturated rings. The molecule has 0 N–H and O–H groups in total. The second-order valence-corrected chi connectivity index (χ2v) is 7.57. The molecule has 2 aromatic carbocycles. The maximum atomic E-state index is 6.50. The number of hydrogen-bond acceptors (Lipinski definition) is 7. The summed E-state index contributed by atoms with van der Waals surface area (Å²) in [4.78, 5) is 4.15. The van der Waals surface area contributed by atoms with Crippen molar-refractivity contribution in [1.29, 1.82) is 0 Å². The Kier molecular flexibility index (Phi) is 4.19. The van der Waals surface area contributed by atoms with Crippen molar-refractivity contribution in [3.8, 4) is 23.0 Å². The minimum atomic E-state index is -0.367. The highest BCUT2D eigenvalue weighted by molar-refractivity contribution is 6.02. The Bertz CT molecular complexity index is 1160. The van der Waals surface area contributed by atoms with Crippen molar-refractivity contribution in [2.75, 3.05) is 13.4 Å². The van der Waals surface area contributed by atoms with Gasteiger partial charge < -0.3 is 18.9 Å². The third kappa shape index (κ3) is 2.96. The average molecular weight is 415 g/mol. The van der Waals surface area contributed by atoms with Crippen molar-refractivity contribution in [2.45, 2.75) is 25.6 Å². The molecule has 0 saturated heterocycles. The van der Waals surface area contributed by atoms with Gasteiger partial charge in [0.25, 0.3) is 0 Å². The van der Waals surface area contributed by atoms with Crippen LogP contribution in [0.15, 0.2) is 66.0 Å². The lowest BCUT2D eigenvalue weighted by Crippen LogP contribution is -2.33. The number of nitrogens with zero attached hydrogens (tertiary/aromatic N) is 3. The molecule has 0 saturated carbocycles.